The lowest BCUT2D eigenvalue weighted by Gasteiger charge is -2.17. The summed E-state index contributed by atoms with van der Waals surface area (Å²) in [6.07, 6.45) is 0.811. The highest BCUT2D eigenvalue weighted by Crippen LogP contribution is 2.19. The molecule has 2 aromatic carbocycles. The van der Waals surface area contributed by atoms with E-state index >= 15 is 0 Å². The quantitative estimate of drug-likeness (QED) is 0.910. The molecule has 2 aromatic rings. The van der Waals surface area contributed by atoms with Gasteiger partial charge in [-0.15, -0.1) is 0 Å². The van der Waals surface area contributed by atoms with Gasteiger partial charge in [-0.2, -0.15) is 0 Å². The van der Waals surface area contributed by atoms with Crippen LogP contribution in [0.25, 0.3) is 0 Å². The third kappa shape index (κ3) is 3.69. The van der Waals surface area contributed by atoms with E-state index in [4.69, 9.17) is 4.74 Å². The first-order valence-corrected chi connectivity index (χ1v) is 7.52. The second-order valence-electron chi connectivity index (χ2n) is 5.53. The molecular formula is C18H18N2O3. The lowest BCUT2D eigenvalue weighted by atomic mass is 10.00. The van der Waals surface area contributed by atoms with E-state index in [0.29, 0.717) is 23.5 Å². The molecule has 5 nitrogen and oxygen atoms in total. The molecule has 3 rings (SSSR count). The number of rotatable bonds is 4. The zero-order valence-corrected chi connectivity index (χ0v) is 12.9. The fourth-order valence-electron chi connectivity index (χ4n) is 2.54. The van der Waals surface area contributed by atoms with Crippen LogP contribution in [0.4, 0.5) is 5.69 Å². The average Bonchev–Trinajstić information content (AvgIpc) is 2.54. The Hall–Kier alpha value is -2.82. The summed E-state index contributed by atoms with van der Waals surface area (Å²) >= 11 is 0. The van der Waals surface area contributed by atoms with Crippen molar-refractivity contribution in [3.05, 3.63) is 59.2 Å². The molecule has 0 bridgehead atoms. The zero-order chi connectivity index (χ0) is 16.2. The van der Waals surface area contributed by atoms with Gasteiger partial charge in [0.05, 0.1) is 0 Å². The summed E-state index contributed by atoms with van der Waals surface area (Å²) in [4.78, 5) is 23.8. The number of fused-ring (bicyclic) bond motifs is 1. The number of aryl methyl sites for hydroxylation is 1. The van der Waals surface area contributed by atoms with Gasteiger partial charge in [-0.1, -0.05) is 18.2 Å². The first kappa shape index (κ1) is 15.1. The Bertz CT molecular complexity index is 756. The zero-order valence-electron chi connectivity index (χ0n) is 12.9. The first-order chi connectivity index (χ1) is 11.1. The highest BCUT2D eigenvalue weighted by atomic mass is 16.5. The first-order valence-electron chi connectivity index (χ1n) is 7.52. The maximum absolute atomic E-state index is 12.0. The summed E-state index contributed by atoms with van der Waals surface area (Å²) in [5.74, 6) is 0.297. The fraction of sp³-hybridized carbons (Fsp3) is 0.222. The van der Waals surface area contributed by atoms with Gasteiger partial charge in [-0.3, -0.25) is 9.59 Å². The Balaban J connectivity index is 1.62. The normalized spacial score (nSPS) is 13.0. The van der Waals surface area contributed by atoms with Crippen LogP contribution >= 0.6 is 0 Å². The van der Waals surface area contributed by atoms with E-state index in [9.17, 15) is 9.59 Å². The van der Waals surface area contributed by atoms with Crippen LogP contribution in [0.2, 0.25) is 0 Å². The van der Waals surface area contributed by atoms with Crippen molar-refractivity contribution in [3.8, 4) is 5.75 Å². The van der Waals surface area contributed by atoms with E-state index in [-0.39, 0.29) is 18.4 Å². The summed E-state index contributed by atoms with van der Waals surface area (Å²) in [6.45, 7) is 2.54. The van der Waals surface area contributed by atoms with Crippen molar-refractivity contribution in [1.82, 2.24) is 5.32 Å². The van der Waals surface area contributed by atoms with Gasteiger partial charge in [0.2, 0.25) is 0 Å². The van der Waals surface area contributed by atoms with E-state index in [2.05, 4.69) is 10.6 Å². The SMILES string of the molecule is Cc1cccc(OCC(=O)Nc2ccc3c(c2)C(=O)NCC3)c1. The lowest BCUT2D eigenvalue weighted by molar-refractivity contribution is -0.118. The molecule has 0 unspecified atom stereocenters. The maximum Gasteiger partial charge on any atom is 0.262 e. The van der Waals surface area contributed by atoms with E-state index in [1.807, 2.05) is 43.3 Å². The van der Waals surface area contributed by atoms with Gasteiger partial charge in [0.15, 0.2) is 6.61 Å². The van der Waals surface area contributed by atoms with E-state index in [1.165, 1.54) is 0 Å². The van der Waals surface area contributed by atoms with Crippen molar-refractivity contribution in [2.24, 2.45) is 0 Å². The van der Waals surface area contributed by atoms with Crippen molar-refractivity contribution in [2.45, 2.75) is 13.3 Å². The van der Waals surface area contributed by atoms with Crippen LogP contribution in [0.5, 0.6) is 5.75 Å². The minimum atomic E-state index is -0.261. The van der Waals surface area contributed by atoms with Crippen molar-refractivity contribution in [3.63, 3.8) is 0 Å². The molecule has 1 aliphatic rings. The molecule has 2 N–H and O–H groups in total. The number of nitrogens with one attached hydrogen (secondary N) is 2. The van der Waals surface area contributed by atoms with Gasteiger partial charge in [-0.05, 0) is 48.7 Å². The number of carbonyl (C=O) groups excluding carboxylic acids is 2. The molecule has 0 fully saturated rings. The largest absolute Gasteiger partial charge is 0.484 e. The summed E-state index contributed by atoms with van der Waals surface area (Å²) in [6, 6.07) is 12.9. The maximum atomic E-state index is 12.0. The van der Waals surface area contributed by atoms with Crippen molar-refractivity contribution < 1.29 is 14.3 Å². The van der Waals surface area contributed by atoms with Crippen molar-refractivity contribution in [1.29, 1.82) is 0 Å². The Labute approximate surface area is 134 Å². The molecular weight excluding hydrogens is 292 g/mol. The minimum Gasteiger partial charge on any atom is -0.484 e. The molecule has 118 valence electrons. The Morgan fingerprint density at radius 2 is 2.13 bits per heavy atom. The van der Waals surface area contributed by atoms with Gasteiger partial charge < -0.3 is 15.4 Å². The predicted molar refractivity (Wildman–Crippen MR) is 87.8 cm³/mol. The smallest absolute Gasteiger partial charge is 0.262 e. The van der Waals surface area contributed by atoms with Crippen LogP contribution in [-0.4, -0.2) is 25.0 Å². The van der Waals surface area contributed by atoms with Crippen LogP contribution in [0.15, 0.2) is 42.5 Å². The molecule has 0 saturated heterocycles. The van der Waals surface area contributed by atoms with Gasteiger partial charge in [-0.25, -0.2) is 0 Å². The van der Waals surface area contributed by atoms with Crippen LogP contribution in [0, 0.1) is 6.92 Å². The molecule has 0 atom stereocenters. The van der Waals surface area contributed by atoms with E-state index in [0.717, 1.165) is 17.5 Å². The fourth-order valence-corrected chi connectivity index (χ4v) is 2.54. The number of hydrogen-bond acceptors (Lipinski definition) is 3. The molecule has 0 aliphatic carbocycles. The highest BCUT2D eigenvalue weighted by molar-refractivity contribution is 5.99. The van der Waals surface area contributed by atoms with Crippen LogP contribution < -0.4 is 15.4 Å². The number of amides is 2. The van der Waals surface area contributed by atoms with Crippen LogP contribution in [0.3, 0.4) is 0 Å². The highest BCUT2D eigenvalue weighted by Gasteiger charge is 2.17. The molecule has 1 aliphatic heterocycles. The summed E-state index contributed by atoms with van der Waals surface area (Å²) < 4.78 is 5.46. The van der Waals surface area contributed by atoms with Gasteiger partial charge >= 0.3 is 0 Å². The monoisotopic (exact) mass is 310 g/mol. The van der Waals surface area contributed by atoms with E-state index < -0.39 is 0 Å². The summed E-state index contributed by atoms with van der Waals surface area (Å²) in [5, 5.41) is 5.55. The molecule has 0 spiro atoms. The molecule has 0 radical (unpaired) electrons. The second-order valence-corrected chi connectivity index (χ2v) is 5.53. The molecule has 5 heteroatoms. The molecule has 23 heavy (non-hydrogen) atoms. The third-order valence-corrected chi connectivity index (χ3v) is 3.68. The topological polar surface area (TPSA) is 67.4 Å². The number of benzene rings is 2. The second kappa shape index (κ2) is 6.52. The van der Waals surface area contributed by atoms with Crippen LogP contribution in [-0.2, 0) is 11.2 Å². The number of ether oxygens (including phenoxy) is 1. The Morgan fingerprint density at radius 3 is 2.96 bits per heavy atom. The minimum absolute atomic E-state index is 0.0767. The molecule has 2 amide bonds. The summed E-state index contributed by atoms with van der Waals surface area (Å²) in [7, 11) is 0. The standard InChI is InChI=1S/C18H18N2O3/c1-12-3-2-4-15(9-12)23-11-17(21)20-14-6-5-13-7-8-19-18(22)16(13)10-14/h2-6,9-10H,7-8,11H2,1H3,(H,19,22)(H,20,21). The number of carbonyl (C=O) groups is 2. The molecule has 0 saturated carbocycles. The van der Waals surface area contributed by atoms with Crippen molar-refractivity contribution in [2.75, 3.05) is 18.5 Å². The van der Waals surface area contributed by atoms with Crippen molar-refractivity contribution >= 4 is 17.5 Å². The van der Waals surface area contributed by atoms with Gasteiger partial charge in [0.25, 0.3) is 11.8 Å². The predicted octanol–water partition coefficient (Wildman–Crippen LogP) is 2.30. The molecule has 0 aromatic heterocycles. The Kier molecular flexibility index (Phi) is 4.28. The van der Waals surface area contributed by atoms with Crippen LogP contribution in [0.1, 0.15) is 21.5 Å². The lowest BCUT2D eigenvalue weighted by Crippen LogP contribution is -2.32. The van der Waals surface area contributed by atoms with Gasteiger partial charge in [0, 0.05) is 17.8 Å². The summed E-state index contributed by atoms with van der Waals surface area (Å²) in [5.41, 5.74) is 3.29. The van der Waals surface area contributed by atoms with Gasteiger partial charge in [0.1, 0.15) is 5.75 Å². The average molecular weight is 310 g/mol. The Morgan fingerprint density at radius 1 is 1.26 bits per heavy atom. The number of hydrogen-bond donors (Lipinski definition) is 2. The van der Waals surface area contributed by atoms with E-state index in [1.54, 1.807) is 6.07 Å². The molecule has 1 heterocycles. The number of anilines is 1. The third-order valence-electron chi connectivity index (χ3n) is 3.68.